The Morgan fingerprint density at radius 3 is 2.22 bits per heavy atom. The van der Waals surface area contributed by atoms with Gasteiger partial charge in [-0.1, -0.05) is 72.8 Å². The summed E-state index contributed by atoms with van der Waals surface area (Å²) in [5.41, 5.74) is 2.85. The maximum Gasteiger partial charge on any atom is 0.243 e. The van der Waals surface area contributed by atoms with E-state index in [1.165, 1.54) is 0 Å². The third-order valence-electron chi connectivity index (χ3n) is 6.51. The van der Waals surface area contributed by atoms with Crippen molar-refractivity contribution in [2.75, 3.05) is 20.3 Å². The van der Waals surface area contributed by atoms with E-state index in [9.17, 15) is 9.59 Å². The van der Waals surface area contributed by atoms with Crippen molar-refractivity contribution in [1.29, 1.82) is 0 Å². The average Bonchev–Trinajstić information content (AvgIpc) is 3.44. The minimum absolute atomic E-state index is 0.0291. The van der Waals surface area contributed by atoms with Crippen molar-refractivity contribution >= 4 is 11.8 Å². The van der Waals surface area contributed by atoms with Gasteiger partial charge in [-0.05, 0) is 41.7 Å². The molecule has 1 aliphatic rings. The standard InChI is InChI=1S/C30H34N2O4/c1-35-26-16-14-25(15-17-26)22-32(29(33)20-24-11-6-3-7-12-24)28(19-23-9-4-2-5-10-23)30(34)31-21-27-13-8-18-36-27/h2-7,9-12,14-17,27-28H,8,13,18-22H2,1H3,(H,31,34)/t27-,28-/m0/s1. The van der Waals surface area contributed by atoms with Gasteiger partial charge in [0.15, 0.2) is 0 Å². The fraction of sp³-hybridized carbons (Fsp3) is 0.333. The van der Waals surface area contributed by atoms with E-state index in [1.807, 2.05) is 84.9 Å². The topological polar surface area (TPSA) is 67.9 Å². The maximum atomic E-state index is 13.7. The number of nitrogens with one attached hydrogen (secondary N) is 1. The molecular weight excluding hydrogens is 452 g/mol. The molecule has 0 radical (unpaired) electrons. The van der Waals surface area contributed by atoms with Gasteiger partial charge < -0.3 is 19.7 Å². The second kappa shape index (κ2) is 12.9. The van der Waals surface area contributed by atoms with Crippen LogP contribution < -0.4 is 10.1 Å². The predicted octanol–water partition coefficient (Wildman–Crippen LogP) is 4.17. The molecule has 1 heterocycles. The van der Waals surface area contributed by atoms with Gasteiger partial charge in [0.25, 0.3) is 0 Å². The molecule has 3 aromatic carbocycles. The number of rotatable bonds is 11. The van der Waals surface area contributed by atoms with Crippen LogP contribution in [0.2, 0.25) is 0 Å². The molecule has 2 amide bonds. The second-order valence-corrected chi connectivity index (χ2v) is 9.12. The van der Waals surface area contributed by atoms with Crippen LogP contribution in [-0.4, -0.2) is 49.1 Å². The van der Waals surface area contributed by atoms with Crippen LogP contribution in [0.15, 0.2) is 84.9 Å². The number of nitrogens with zero attached hydrogens (tertiary/aromatic N) is 1. The highest BCUT2D eigenvalue weighted by Crippen LogP contribution is 2.19. The lowest BCUT2D eigenvalue weighted by atomic mass is 10.0. The minimum atomic E-state index is -0.660. The summed E-state index contributed by atoms with van der Waals surface area (Å²) in [7, 11) is 1.62. The van der Waals surface area contributed by atoms with Crippen molar-refractivity contribution in [3.05, 3.63) is 102 Å². The van der Waals surface area contributed by atoms with Crippen LogP contribution in [-0.2, 0) is 33.7 Å². The first kappa shape index (κ1) is 25.5. The number of hydrogen-bond acceptors (Lipinski definition) is 4. The Morgan fingerprint density at radius 2 is 1.61 bits per heavy atom. The summed E-state index contributed by atoms with van der Waals surface area (Å²) in [5, 5.41) is 3.07. The van der Waals surface area contributed by atoms with E-state index in [0.717, 1.165) is 41.9 Å². The minimum Gasteiger partial charge on any atom is -0.497 e. The van der Waals surface area contributed by atoms with Crippen LogP contribution in [0.25, 0.3) is 0 Å². The zero-order valence-electron chi connectivity index (χ0n) is 20.8. The highest BCUT2D eigenvalue weighted by Gasteiger charge is 2.31. The zero-order chi connectivity index (χ0) is 25.2. The molecule has 0 aliphatic carbocycles. The van der Waals surface area contributed by atoms with E-state index in [0.29, 0.717) is 19.5 Å². The molecule has 0 bridgehead atoms. The van der Waals surface area contributed by atoms with Gasteiger partial charge in [0.1, 0.15) is 11.8 Å². The van der Waals surface area contributed by atoms with Crippen LogP contribution >= 0.6 is 0 Å². The first-order valence-corrected chi connectivity index (χ1v) is 12.5. The van der Waals surface area contributed by atoms with Crippen molar-refractivity contribution in [2.24, 2.45) is 0 Å². The lowest BCUT2D eigenvalue weighted by molar-refractivity contribution is -0.141. The molecule has 0 aromatic heterocycles. The lowest BCUT2D eigenvalue weighted by Gasteiger charge is -2.32. The molecule has 0 saturated carbocycles. The molecule has 0 unspecified atom stereocenters. The Labute approximate surface area is 213 Å². The monoisotopic (exact) mass is 486 g/mol. The Bertz CT molecular complexity index is 1100. The van der Waals surface area contributed by atoms with E-state index >= 15 is 0 Å². The third-order valence-corrected chi connectivity index (χ3v) is 6.51. The summed E-state index contributed by atoms with van der Waals surface area (Å²) >= 11 is 0. The Hall–Kier alpha value is -3.64. The van der Waals surface area contributed by atoms with Gasteiger partial charge in [-0.25, -0.2) is 0 Å². The highest BCUT2D eigenvalue weighted by molar-refractivity contribution is 5.88. The summed E-state index contributed by atoms with van der Waals surface area (Å²) in [6.45, 7) is 1.50. The van der Waals surface area contributed by atoms with Crippen molar-refractivity contribution in [1.82, 2.24) is 10.2 Å². The number of amides is 2. The molecule has 188 valence electrons. The first-order chi connectivity index (χ1) is 17.6. The van der Waals surface area contributed by atoms with Gasteiger partial charge in [-0.15, -0.1) is 0 Å². The largest absolute Gasteiger partial charge is 0.497 e. The van der Waals surface area contributed by atoms with Crippen molar-refractivity contribution in [2.45, 2.75) is 44.4 Å². The first-order valence-electron chi connectivity index (χ1n) is 12.5. The third kappa shape index (κ3) is 7.18. The normalized spacial score (nSPS) is 15.8. The fourth-order valence-electron chi connectivity index (χ4n) is 4.49. The molecule has 6 nitrogen and oxygen atoms in total. The van der Waals surface area contributed by atoms with Crippen LogP contribution in [0.3, 0.4) is 0 Å². The van der Waals surface area contributed by atoms with E-state index in [4.69, 9.17) is 9.47 Å². The molecule has 3 aromatic rings. The number of carbonyl (C=O) groups excluding carboxylic acids is 2. The Morgan fingerprint density at radius 1 is 0.944 bits per heavy atom. The summed E-state index contributed by atoms with van der Waals surface area (Å²) < 4.78 is 11.0. The van der Waals surface area contributed by atoms with Crippen molar-refractivity contribution in [3.63, 3.8) is 0 Å². The van der Waals surface area contributed by atoms with Gasteiger partial charge in [0.2, 0.25) is 11.8 Å². The second-order valence-electron chi connectivity index (χ2n) is 9.12. The van der Waals surface area contributed by atoms with E-state index in [1.54, 1.807) is 12.0 Å². The predicted molar refractivity (Wildman–Crippen MR) is 140 cm³/mol. The Balaban J connectivity index is 1.61. The molecule has 0 spiro atoms. The summed E-state index contributed by atoms with van der Waals surface area (Å²) in [5.74, 6) is 0.491. The summed E-state index contributed by atoms with van der Waals surface area (Å²) in [6.07, 6.45) is 2.62. The molecule has 1 fully saturated rings. The van der Waals surface area contributed by atoms with Crippen LogP contribution in [0, 0.1) is 0 Å². The summed E-state index contributed by atoms with van der Waals surface area (Å²) in [4.78, 5) is 29.1. The van der Waals surface area contributed by atoms with E-state index < -0.39 is 6.04 Å². The van der Waals surface area contributed by atoms with Gasteiger partial charge in [-0.2, -0.15) is 0 Å². The van der Waals surface area contributed by atoms with E-state index in [-0.39, 0.29) is 24.3 Å². The molecule has 6 heteroatoms. The highest BCUT2D eigenvalue weighted by atomic mass is 16.5. The molecule has 1 saturated heterocycles. The Kier molecular flexibility index (Phi) is 9.11. The van der Waals surface area contributed by atoms with Crippen LogP contribution in [0.5, 0.6) is 5.75 Å². The molecule has 2 atom stereocenters. The van der Waals surface area contributed by atoms with Crippen LogP contribution in [0.1, 0.15) is 29.5 Å². The molecule has 4 rings (SSSR count). The number of ether oxygens (including phenoxy) is 2. The van der Waals surface area contributed by atoms with Crippen molar-refractivity contribution in [3.8, 4) is 5.75 Å². The van der Waals surface area contributed by atoms with Gasteiger partial charge >= 0.3 is 0 Å². The molecule has 1 aliphatic heterocycles. The number of hydrogen-bond donors (Lipinski definition) is 1. The summed E-state index contributed by atoms with van der Waals surface area (Å²) in [6, 6.07) is 26.5. The quantitative estimate of drug-likeness (QED) is 0.442. The average molecular weight is 487 g/mol. The van der Waals surface area contributed by atoms with Gasteiger partial charge in [0, 0.05) is 26.1 Å². The van der Waals surface area contributed by atoms with Gasteiger partial charge in [0.05, 0.1) is 19.6 Å². The fourth-order valence-corrected chi connectivity index (χ4v) is 4.49. The van der Waals surface area contributed by atoms with E-state index in [2.05, 4.69) is 5.32 Å². The van der Waals surface area contributed by atoms with Crippen molar-refractivity contribution < 1.29 is 19.1 Å². The smallest absolute Gasteiger partial charge is 0.243 e. The molecular formula is C30H34N2O4. The number of methoxy groups -OCH3 is 1. The molecule has 36 heavy (non-hydrogen) atoms. The zero-order valence-corrected chi connectivity index (χ0v) is 20.8. The number of carbonyl (C=O) groups is 2. The van der Waals surface area contributed by atoms with Crippen LogP contribution in [0.4, 0.5) is 0 Å². The number of benzene rings is 3. The lowest BCUT2D eigenvalue weighted by Crippen LogP contribution is -2.52. The molecule has 1 N–H and O–H groups in total. The maximum absolute atomic E-state index is 13.7. The SMILES string of the molecule is COc1ccc(CN(C(=O)Cc2ccccc2)[C@@H](Cc2ccccc2)C(=O)NC[C@@H]2CCCO2)cc1. The van der Waals surface area contributed by atoms with Gasteiger partial charge in [-0.3, -0.25) is 9.59 Å².